The molecule has 1 fully saturated rings. The van der Waals surface area contributed by atoms with E-state index >= 15 is 0 Å². The summed E-state index contributed by atoms with van der Waals surface area (Å²) in [5, 5.41) is 0. The van der Waals surface area contributed by atoms with Gasteiger partial charge in [0.05, 0.1) is 19.6 Å². The summed E-state index contributed by atoms with van der Waals surface area (Å²) >= 11 is 0. The Morgan fingerprint density at radius 2 is 1.78 bits per heavy atom. The molecule has 0 saturated heterocycles. The third kappa shape index (κ3) is 2.33. The van der Waals surface area contributed by atoms with Gasteiger partial charge in [-0.25, -0.2) is 0 Å². The number of rotatable bonds is 3. The highest BCUT2D eigenvalue weighted by atomic mass is 16.5. The Balaban J connectivity index is 2.23. The van der Waals surface area contributed by atoms with Crippen LogP contribution in [0.4, 0.5) is 0 Å². The molecule has 3 atom stereocenters. The van der Waals surface area contributed by atoms with E-state index in [1.165, 1.54) is 14.2 Å². The summed E-state index contributed by atoms with van der Waals surface area (Å²) in [5.41, 5.74) is 0.401. The molecule has 3 aliphatic carbocycles. The van der Waals surface area contributed by atoms with Crippen LogP contribution >= 0.6 is 0 Å². The van der Waals surface area contributed by atoms with Crippen LogP contribution in [0.15, 0.2) is 34.6 Å². The lowest BCUT2D eigenvalue weighted by atomic mass is 9.54. The average molecular weight is 372 g/mol. The monoisotopic (exact) mass is 372 g/mol. The predicted octanol–water partition coefficient (Wildman–Crippen LogP) is 3.55. The minimum Gasteiger partial charge on any atom is -0.492 e. The summed E-state index contributed by atoms with van der Waals surface area (Å²) in [6.45, 7) is 11.8. The molecule has 0 unspecified atom stereocenters. The first-order valence-electron chi connectivity index (χ1n) is 9.46. The van der Waals surface area contributed by atoms with Crippen molar-refractivity contribution in [3.8, 4) is 0 Å². The van der Waals surface area contributed by atoms with Crippen molar-refractivity contribution in [2.45, 2.75) is 47.0 Å². The van der Waals surface area contributed by atoms with Crippen molar-refractivity contribution in [3.05, 3.63) is 34.6 Å². The van der Waals surface area contributed by atoms with Crippen molar-refractivity contribution >= 4 is 17.5 Å². The lowest BCUT2D eigenvalue weighted by molar-refractivity contribution is -0.159. The van der Waals surface area contributed by atoms with Crippen molar-refractivity contribution in [2.75, 3.05) is 14.2 Å². The Morgan fingerprint density at radius 1 is 1.15 bits per heavy atom. The van der Waals surface area contributed by atoms with E-state index in [1.54, 1.807) is 0 Å². The van der Waals surface area contributed by atoms with Crippen LogP contribution in [-0.2, 0) is 23.9 Å². The number of hydrogen-bond acceptors (Lipinski definition) is 5. The summed E-state index contributed by atoms with van der Waals surface area (Å²) in [7, 11) is 2.81. The third-order valence-corrected chi connectivity index (χ3v) is 6.74. The summed E-state index contributed by atoms with van der Waals surface area (Å²) in [6.07, 6.45) is 2.13. The van der Waals surface area contributed by atoms with Crippen molar-refractivity contribution in [1.29, 1.82) is 0 Å². The van der Waals surface area contributed by atoms with Gasteiger partial charge in [-0.05, 0) is 31.3 Å². The second-order valence-electron chi connectivity index (χ2n) is 8.65. The number of fused-ring (bicyclic) bond motifs is 2. The molecule has 3 aliphatic rings. The number of Topliss-reactive ketones (excluding diaryl/α,β-unsaturated/α-hetero) is 2. The predicted molar refractivity (Wildman–Crippen MR) is 101 cm³/mol. The maximum atomic E-state index is 13.4. The van der Waals surface area contributed by atoms with Crippen LogP contribution in [0.2, 0.25) is 0 Å². The van der Waals surface area contributed by atoms with Gasteiger partial charge in [0.15, 0.2) is 11.5 Å². The average Bonchev–Trinajstić information content (AvgIpc) is 2.85. The summed E-state index contributed by atoms with van der Waals surface area (Å²) in [5.74, 6) is -1.10. The zero-order valence-electron chi connectivity index (χ0n) is 17.0. The summed E-state index contributed by atoms with van der Waals surface area (Å²) < 4.78 is 10.5. The van der Waals surface area contributed by atoms with Crippen molar-refractivity contribution in [2.24, 2.45) is 22.7 Å². The molecule has 0 aromatic heterocycles. The van der Waals surface area contributed by atoms with Crippen molar-refractivity contribution < 1.29 is 23.9 Å². The fourth-order valence-electron chi connectivity index (χ4n) is 5.73. The molecule has 0 radical (unpaired) electrons. The van der Waals surface area contributed by atoms with Gasteiger partial charge in [0.25, 0.3) is 0 Å². The SMILES string of the molecule is C=C1C2=C(C(=O)C(OC)=C(C(C)C)C2=O)[C@@]2(C)CCC[C@@](C)(C(=O)OC)[C@H]12. The number of allylic oxidation sites excluding steroid dienone is 4. The quantitative estimate of drug-likeness (QED) is 0.560. The molecule has 1 saturated carbocycles. The molecule has 0 bridgehead atoms. The van der Waals surface area contributed by atoms with Gasteiger partial charge < -0.3 is 9.47 Å². The van der Waals surface area contributed by atoms with Crippen LogP contribution in [0.25, 0.3) is 0 Å². The fourth-order valence-corrected chi connectivity index (χ4v) is 5.73. The second kappa shape index (κ2) is 6.18. The highest BCUT2D eigenvalue weighted by Gasteiger charge is 2.63. The van der Waals surface area contributed by atoms with Crippen LogP contribution < -0.4 is 0 Å². The van der Waals surface area contributed by atoms with Gasteiger partial charge in [-0.15, -0.1) is 0 Å². The van der Waals surface area contributed by atoms with Crippen LogP contribution in [0, 0.1) is 22.7 Å². The molecule has 0 spiro atoms. The number of hydrogen-bond donors (Lipinski definition) is 0. The molecule has 5 heteroatoms. The van der Waals surface area contributed by atoms with E-state index in [9.17, 15) is 14.4 Å². The number of methoxy groups -OCH3 is 2. The first-order chi connectivity index (χ1) is 12.6. The molecule has 0 amide bonds. The molecule has 0 aliphatic heterocycles. The Morgan fingerprint density at radius 3 is 2.30 bits per heavy atom. The highest BCUT2D eigenvalue weighted by Crippen LogP contribution is 2.65. The third-order valence-electron chi connectivity index (χ3n) is 6.74. The second-order valence-corrected chi connectivity index (χ2v) is 8.65. The van der Waals surface area contributed by atoms with E-state index in [1.807, 2.05) is 27.7 Å². The van der Waals surface area contributed by atoms with E-state index in [2.05, 4.69) is 6.58 Å². The lowest BCUT2D eigenvalue weighted by Gasteiger charge is -2.48. The van der Waals surface area contributed by atoms with Crippen LogP contribution in [-0.4, -0.2) is 31.8 Å². The summed E-state index contributed by atoms with van der Waals surface area (Å²) in [6, 6.07) is 0. The first-order valence-corrected chi connectivity index (χ1v) is 9.46. The van der Waals surface area contributed by atoms with Gasteiger partial charge in [-0.2, -0.15) is 0 Å². The Labute approximate surface area is 160 Å². The minimum absolute atomic E-state index is 0.133. The Kier molecular flexibility index (Phi) is 4.48. The first kappa shape index (κ1) is 19.6. The number of carbonyl (C=O) groups is 3. The molecular weight excluding hydrogens is 344 g/mol. The molecule has 27 heavy (non-hydrogen) atoms. The van der Waals surface area contributed by atoms with Gasteiger partial charge >= 0.3 is 5.97 Å². The maximum absolute atomic E-state index is 13.4. The van der Waals surface area contributed by atoms with E-state index in [-0.39, 0.29) is 35.1 Å². The minimum atomic E-state index is -0.817. The molecule has 3 rings (SSSR count). The van der Waals surface area contributed by atoms with Crippen LogP contribution in [0.5, 0.6) is 0 Å². The smallest absolute Gasteiger partial charge is 0.312 e. The maximum Gasteiger partial charge on any atom is 0.312 e. The molecule has 0 heterocycles. The molecule has 0 aromatic rings. The lowest BCUT2D eigenvalue weighted by Crippen LogP contribution is -2.48. The number of esters is 1. The van der Waals surface area contributed by atoms with Crippen LogP contribution in [0.3, 0.4) is 0 Å². The normalized spacial score (nSPS) is 33.4. The topological polar surface area (TPSA) is 69.7 Å². The zero-order chi connectivity index (χ0) is 20.3. The van der Waals surface area contributed by atoms with Gasteiger partial charge in [-0.1, -0.05) is 33.8 Å². The van der Waals surface area contributed by atoms with Gasteiger partial charge in [0.2, 0.25) is 5.78 Å². The van der Waals surface area contributed by atoms with Crippen molar-refractivity contribution in [3.63, 3.8) is 0 Å². The van der Waals surface area contributed by atoms with E-state index in [0.717, 1.165) is 12.8 Å². The number of ketones is 2. The summed E-state index contributed by atoms with van der Waals surface area (Å²) in [4.78, 5) is 39.5. The molecule has 146 valence electrons. The van der Waals surface area contributed by atoms with E-state index in [4.69, 9.17) is 9.47 Å². The van der Waals surface area contributed by atoms with Crippen LogP contribution in [0.1, 0.15) is 47.0 Å². The Bertz CT molecular complexity index is 828. The number of ether oxygens (including phenoxy) is 2. The molecule has 0 N–H and O–H groups in total. The highest BCUT2D eigenvalue weighted by molar-refractivity contribution is 6.27. The van der Waals surface area contributed by atoms with Gasteiger partial charge in [0.1, 0.15) is 0 Å². The van der Waals surface area contributed by atoms with E-state index < -0.39 is 10.8 Å². The van der Waals surface area contributed by atoms with Gasteiger partial charge in [0, 0.05) is 28.1 Å². The molecule has 5 nitrogen and oxygen atoms in total. The Hall–Kier alpha value is -2.17. The zero-order valence-corrected chi connectivity index (χ0v) is 17.0. The number of carbonyl (C=O) groups excluding carboxylic acids is 3. The van der Waals surface area contributed by atoms with Crippen molar-refractivity contribution in [1.82, 2.24) is 0 Å². The standard InChI is InChI=1S/C22H28O5/c1-11(2)13-16(23)14-12(3)19-21(4,15(14)17(24)18(13)26-6)9-8-10-22(19,5)20(25)27-7/h11,19H,3,8-10H2,1-2,4-7H3/t19-,21-,22-/m1/s1. The fraction of sp³-hybridized carbons (Fsp3) is 0.591. The molecular formula is C22H28O5. The van der Waals surface area contributed by atoms with Gasteiger partial charge in [-0.3, -0.25) is 14.4 Å². The van der Waals surface area contributed by atoms with E-state index in [0.29, 0.717) is 28.7 Å². The molecule has 0 aromatic carbocycles. The largest absolute Gasteiger partial charge is 0.492 e.